The summed E-state index contributed by atoms with van der Waals surface area (Å²) in [6.45, 7) is 0. The first kappa shape index (κ1) is 16.0. The summed E-state index contributed by atoms with van der Waals surface area (Å²) in [6.07, 6.45) is 0.471. The fourth-order valence-corrected chi connectivity index (χ4v) is 2.81. The largest absolute Gasteiger partial charge is 0.313 e. The Bertz CT molecular complexity index is 599. The van der Waals surface area contributed by atoms with E-state index in [0.29, 0.717) is 22.0 Å². The second-order valence-corrected chi connectivity index (χ2v) is 6.40. The molecule has 0 aromatic heterocycles. The summed E-state index contributed by atoms with van der Waals surface area (Å²) in [6, 6.07) is 10.5. The Morgan fingerprint density at radius 2 is 1.95 bits per heavy atom. The molecule has 1 unspecified atom stereocenters. The summed E-state index contributed by atoms with van der Waals surface area (Å²) in [5.41, 5.74) is 1.53. The Kier molecular flexibility index (Phi) is 5.66. The van der Waals surface area contributed by atoms with Crippen molar-refractivity contribution in [3.05, 3.63) is 67.0 Å². The van der Waals surface area contributed by atoms with E-state index in [1.807, 2.05) is 25.2 Å². The lowest BCUT2D eigenvalue weighted by molar-refractivity contribution is 0.554. The van der Waals surface area contributed by atoms with Gasteiger partial charge in [-0.15, -0.1) is 0 Å². The smallest absolute Gasteiger partial charge is 0.127 e. The molecule has 0 aliphatic heterocycles. The molecule has 0 spiro atoms. The second-order valence-electron chi connectivity index (χ2n) is 4.42. The van der Waals surface area contributed by atoms with Gasteiger partial charge in [-0.05, 0) is 65.9 Å². The number of halogens is 4. The lowest BCUT2D eigenvalue weighted by Crippen LogP contribution is -2.19. The molecular weight excluding hydrogens is 411 g/mol. The van der Waals surface area contributed by atoms with Crippen LogP contribution in [0.1, 0.15) is 17.2 Å². The van der Waals surface area contributed by atoms with Crippen LogP contribution < -0.4 is 5.32 Å². The third-order valence-corrected chi connectivity index (χ3v) is 5.09. The number of benzene rings is 2. The first-order chi connectivity index (χ1) is 9.52. The lowest BCUT2D eigenvalue weighted by Gasteiger charge is -2.18. The van der Waals surface area contributed by atoms with Gasteiger partial charge in [0.25, 0.3) is 0 Å². The summed E-state index contributed by atoms with van der Waals surface area (Å²) in [4.78, 5) is 0. The third kappa shape index (κ3) is 3.64. The van der Waals surface area contributed by atoms with Crippen LogP contribution in [0.2, 0.25) is 10.0 Å². The van der Waals surface area contributed by atoms with Crippen LogP contribution in [-0.4, -0.2) is 7.05 Å². The van der Waals surface area contributed by atoms with Gasteiger partial charge in [0.15, 0.2) is 0 Å². The maximum atomic E-state index is 13.9. The molecule has 2 aromatic carbocycles. The van der Waals surface area contributed by atoms with Crippen molar-refractivity contribution in [1.82, 2.24) is 5.32 Å². The summed E-state index contributed by atoms with van der Waals surface area (Å²) in [5, 5.41) is 4.32. The zero-order valence-corrected chi connectivity index (χ0v) is 14.4. The highest BCUT2D eigenvalue weighted by molar-refractivity contribution is 14.1. The second kappa shape index (κ2) is 7.07. The van der Waals surface area contributed by atoms with Gasteiger partial charge in [-0.25, -0.2) is 4.39 Å². The number of nitrogens with one attached hydrogen (secondary N) is 1. The number of rotatable bonds is 4. The maximum Gasteiger partial charge on any atom is 0.127 e. The average Bonchev–Trinajstić information content (AvgIpc) is 2.42. The number of likely N-dealkylation sites (N-methyl/N-ethyl adjacent to an activating group) is 1. The molecular formula is C15H13Cl2FIN. The highest BCUT2D eigenvalue weighted by Gasteiger charge is 2.16. The van der Waals surface area contributed by atoms with Crippen molar-refractivity contribution in [2.45, 2.75) is 12.5 Å². The lowest BCUT2D eigenvalue weighted by atomic mass is 9.98. The van der Waals surface area contributed by atoms with Gasteiger partial charge in [0.2, 0.25) is 0 Å². The van der Waals surface area contributed by atoms with E-state index in [1.54, 1.807) is 12.1 Å². The minimum absolute atomic E-state index is 0.0427. The number of hydrogen-bond donors (Lipinski definition) is 1. The van der Waals surface area contributed by atoms with Crippen molar-refractivity contribution in [2.24, 2.45) is 0 Å². The summed E-state index contributed by atoms with van der Waals surface area (Å²) in [7, 11) is 1.84. The molecule has 1 N–H and O–H groups in total. The zero-order chi connectivity index (χ0) is 14.7. The van der Waals surface area contributed by atoms with Crippen molar-refractivity contribution in [3.8, 4) is 0 Å². The topological polar surface area (TPSA) is 12.0 Å². The van der Waals surface area contributed by atoms with Crippen LogP contribution in [-0.2, 0) is 6.42 Å². The molecule has 106 valence electrons. The van der Waals surface area contributed by atoms with Crippen molar-refractivity contribution in [2.75, 3.05) is 7.05 Å². The monoisotopic (exact) mass is 423 g/mol. The Morgan fingerprint density at radius 3 is 2.55 bits per heavy atom. The van der Waals surface area contributed by atoms with Gasteiger partial charge < -0.3 is 5.32 Å². The molecule has 0 bridgehead atoms. The zero-order valence-electron chi connectivity index (χ0n) is 10.8. The minimum atomic E-state index is -0.283. The molecule has 2 aromatic rings. The van der Waals surface area contributed by atoms with Crippen LogP contribution >= 0.6 is 45.8 Å². The van der Waals surface area contributed by atoms with Gasteiger partial charge in [0, 0.05) is 20.2 Å². The van der Waals surface area contributed by atoms with E-state index in [9.17, 15) is 4.39 Å². The SMILES string of the molecule is CNC(Cc1c(F)cccc1Cl)c1ccc(I)c(Cl)c1. The summed E-state index contributed by atoms with van der Waals surface area (Å²) in [5.74, 6) is -0.283. The summed E-state index contributed by atoms with van der Waals surface area (Å²) < 4.78 is 14.9. The van der Waals surface area contributed by atoms with Crippen LogP contribution in [0.5, 0.6) is 0 Å². The van der Waals surface area contributed by atoms with Crippen molar-refractivity contribution < 1.29 is 4.39 Å². The Labute approximate surface area is 141 Å². The van der Waals surface area contributed by atoms with Gasteiger partial charge in [-0.3, -0.25) is 0 Å². The van der Waals surface area contributed by atoms with Crippen LogP contribution in [0.4, 0.5) is 4.39 Å². The van der Waals surface area contributed by atoms with E-state index in [-0.39, 0.29) is 11.9 Å². The van der Waals surface area contributed by atoms with Gasteiger partial charge in [0.1, 0.15) is 5.82 Å². The van der Waals surface area contributed by atoms with E-state index in [1.165, 1.54) is 6.07 Å². The summed E-state index contributed by atoms with van der Waals surface area (Å²) >= 11 is 14.4. The van der Waals surface area contributed by atoms with Gasteiger partial charge in [-0.1, -0.05) is 35.3 Å². The molecule has 5 heteroatoms. The van der Waals surface area contributed by atoms with Crippen LogP contribution in [0.3, 0.4) is 0 Å². The molecule has 0 aliphatic rings. The maximum absolute atomic E-state index is 13.9. The normalized spacial score (nSPS) is 12.4. The molecule has 1 nitrogen and oxygen atoms in total. The third-order valence-electron chi connectivity index (χ3n) is 3.16. The van der Waals surface area contributed by atoms with Gasteiger partial charge >= 0.3 is 0 Å². The fraction of sp³-hybridized carbons (Fsp3) is 0.200. The molecule has 0 amide bonds. The molecule has 0 saturated heterocycles. The minimum Gasteiger partial charge on any atom is -0.313 e. The number of hydrogen-bond acceptors (Lipinski definition) is 1. The van der Waals surface area contributed by atoms with Gasteiger partial charge in [0.05, 0.1) is 5.02 Å². The van der Waals surface area contributed by atoms with Crippen molar-refractivity contribution >= 4 is 45.8 Å². The molecule has 0 heterocycles. The predicted molar refractivity (Wildman–Crippen MR) is 91.1 cm³/mol. The quantitative estimate of drug-likeness (QED) is 0.663. The first-order valence-electron chi connectivity index (χ1n) is 6.08. The van der Waals surface area contributed by atoms with Crippen molar-refractivity contribution in [3.63, 3.8) is 0 Å². The average molecular weight is 424 g/mol. The predicted octanol–water partition coefficient (Wildman–Crippen LogP) is 5.24. The van der Waals surface area contributed by atoms with E-state index in [2.05, 4.69) is 27.9 Å². The van der Waals surface area contributed by atoms with Crippen molar-refractivity contribution in [1.29, 1.82) is 0 Å². The van der Waals surface area contributed by atoms with Gasteiger partial charge in [-0.2, -0.15) is 0 Å². The van der Waals surface area contributed by atoms with Crippen LogP contribution in [0.15, 0.2) is 36.4 Å². The molecule has 0 fully saturated rings. The molecule has 0 saturated carbocycles. The van der Waals surface area contributed by atoms with E-state index in [0.717, 1.165) is 9.13 Å². The highest BCUT2D eigenvalue weighted by Crippen LogP contribution is 2.28. The standard InChI is InChI=1S/C15H13Cl2FIN/c1-20-15(9-5-6-14(19)12(17)7-9)8-10-11(16)3-2-4-13(10)18/h2-7,15,20H,8H2,1H3. The molecule has 2 rings (SSSR count). The van der Waals surface area contributed by atoms with E-state index >= 15 is 0 Å². The molecule has 1 atom stereocenters. The molecule has 20 heavy (non-hydrogen) atoms. The molecule has 0 aliphatic carbocycles. The Morgan fingerprint density at radius 1 is 1.20 bits per heavy atom. The van der Waals surface area contributed by atoms with E-state index < -0.39 is 0 Å². The van der Waals surface area contributed by atoms with Crippen LogP contribution in [0, 0.1) is 9.39 Å². The Hall–Kier alpha value is -0.360. The fourth-order valence-electron chi connectivity index (χ4n) is 2.05. The first-order valence-corrected chi connectivity index (χ1v) is 7.91. The Balaban J connectivity index is 2.31. The highest BCUT2D eigenvalue weighted by atomic mass is 127. The van der Waals surface area contributed by atoms with Crippen LogP contribution in [0.25, 0.3) is 0 Å². The molecule has 0 radical (unpaired) electrons. The van der Waals surface area contributed by atoms with E-state index in [4.69, 9.17) is 23.2 Å².